The Labute approximate surface area is 203 Å². The van der Waals surface area contributed by atoms with Gasteiger partial charge in [-0.2, -0.15) is 0 Å². The Balaban J connectivity index is 1.23. The highest BCUT2D eigenvalue weighted by Crippen LogP contribution is 2.60. The number of aliphatic hydroxyl groups excluding tert-OH is 1. The van der Waals surface area contributed by atoms with E-state index in [0.29, 0.717) is 12.8 Å². The highest BCUT2D eigenvalue weighted by molar-refractivity contribution is 5.91. The Hall–Kier alpha value is -3.39. The summed E-state index contributed by atoms with van der Waals surface area (Å²) in [6.07, 6.45) is 1.98. The summed E-state index contributed by atoms with van der Waals surface area (Å²) in [5.74, 6) is -1.77. The minimum absolute atomic E-state index is 0.00736. The molecule has 0 saturated heterocycles. The average molecular weight is 479 g/mol. The Morgan fingerprint density at radius 3 is 2.14 bits per heavy atom. The number of aliphatic hydroxyl groups is 1. The van der Waals surface area contributed by atoms with Crippen LogP contribution in [0.2, 0.25) is 0 Å². The summed E-state index contributed by atoms with van der Waals surface area (Å²) >= 11 is 0. The number of carbonyl (C=O) groups is 3. The molecule has 2 amide bonds. The quantitative estimate of drug-likeness (QED) is 0.462. The van der Waals surface area contributed by atoms with Crippen LogP contribution in [0.3, 0.4) is 0 Å². The fraction of sp³-hybridized carbons (Fsp3) is 0.444. The van der Waals surface area contributed by atoms with Crippen LogP contribution in [0, 0.1) is 5.41 Å². The van der Waals surface area contributed by atoms with Crippen molar-refractivity contribution < 1.29 is 29.3 Å². The van der Waals surface area contributed by atoms with Crippen molar-refractivity contribution in [2.24, 2.45) is 5.41 Å². The van der Waals surface area contributed by atoms with Crippen LogP contribution < -0.4 is 10.6 Å². The lowest BCUT2D eigenvalue weighted by atomic mass is 9.48. The molecule has 8 nitrogen and oxygen atoms in total. The average Bonchev–Trinajstić information content (AvgIpc) is 3.12. The zero-order valence-electron chi connectivity index (χ0n) is 19.5. The standard InChI is InChI=1S/C27H30N2O6/c30-22(23(31)32)10-13-28-24(33)27(15-26(16-27)11-5-12-26)29-25(34)35-14-21-19-8-3-1-6-17(19)18-7-2-4-9-20(18)21/h1-4,6-9,21-22,30H,5,10-16H2,(H,28,33)(H,29,34)(H,31,32)/t22-/m0/s1. The molecule has 0 aromatic heterocycles. The number of aliphatic carboxylic acids is 1. The highest BCUT2D eigenvalue weighted by Gasteiger charge is 2.61. The summed E-state index contributed by atoms with van der Waals surface area (Å²) in [6.45, 7) is 0.168. The third-order valence-electron chi connectivity index (χ3n) is 7.88. The fourth-order valence-corrected chi connectivity index (χ4v) is 6.01. The van der Waals surface area contributed by atoms with Gasteiger partial charge in [-0.15, -0.1) is 0 Å². The van der Waals surface area contributed by atoms with E-state index in [-0.39, 0.29) is 36.8 Å². The Kier molecular flexibility index (Phi) is 6.01. The third-order valence-corrected chi connectivity index (χ3v) is 7.88. The number of fused-ring (bicyclic) bond motifs is 3. The fourth-order valence-electron chi connectivity index (χ4n) is 6.01. The predicted octanol–water partition coefficient (Wildman–Crippen LogP) is 3.18. The lowest BCUT2D eigenvalue weighted by Gasteiger charge is -2.59. The van der Waals surface area contributed by atoms with E-state index >= 15 is 0 Å². The van der Waals surface area contributed by atoms with E-state index in [1.165, 1.54) is 0 Å². The molecule has 2 aromatic carbocycles. The maximum atomic E-state index is 13.0. The van der Waals surface area contributed by atoms with Crippen molar-refractivity contribution in [1.82, 2.24) is 10.6 Å². The number of carbonyl (C=O) groups excluding carboxylic acids is 2. The van der Waals surface area contributed by atoms with Crippen LogP contribution in [-0.2, 0) is 14.3 Å². The van der Waals surface area contributed by atoms with Crippen LogP contribution in [0.15, 0.2) is 48.5 Å². The second kappa shape index (κ2) is 9.00. The normalized spacial score (nSPS) is 19.5. The molecule has 3 aliphatic carbocycles. The predicted molar refractivity (Wildman–Crippen MR) is 128 cm³/mol. The van der Waals surface area contributed by atoms with Gasteiger partial charge in [-0.05, 0) is 53.4 Å². The molecule has 0 bridgehead atoms. The van der Waals surface area contributed by atoms with Crippen molar-refractivity contribution in [3.63, 3.8) is 0 Å². The molecule has 0 aliphatic heterocycles. The second-order valence-electron chi connectivity index (χ2n) is 10.1. The lowest BCUT2D eigenvalue weighted by Crippen LogP contribution is -2.70. The Bertz CT molecular complexity index is 1100. The number of benzene rings is 2. The van der Waals surface area contributed by atoms with Crippen LogP contribution in [0.4, 0.5) is 4.79 Å². The molecule has 3 aliphatic rings. The van der Waals surface area contributed by atoms with E-state index in [1.807, 2.05) is 36.4 Å². The van der Waals surface area contributed by atoms with Crippen molar-refractivity contribution >= 4 is 18.0 Å². The van der Waals surface area contributed by atoms with Crippen LogP contribution >= 0.6 is 0 Å². The van der Waals surface area contributed by atoms with Crippen LogP contribution in [0.5, 0.6) is 0 Å². The number of ether oxygens (including phenoxy) is 1. The summed E-state index contributed by atoms with van der Waals surface area (Å²) in [6, 6.07) is 16.2. The first-order valence-corrected chi connectivity index (χ1v) is 12.1. The number of hydrogen-bond donors (Lipinski definition) is 4. The molecule has 2 fully saturated rings. The van der Waals surface area contributed by atoms with Gasteiger partial charge < -0.3 is 25.6 Å². The van der Waals surface area contributed by atoms with Gasteiger partial charge in [0.25, 0.3) is 0 Å². The molecule has 2 aromatic rings. The van der Waals surface area contributed by atoms with Gasteiger partial charge in [-0.3, -0.25) is 4.79 Å². The monoisotopic (exact) mass is 478 g/mol. The van der Waals surface area contributed by atoms with Gasteiger partial charge in [0.1, 0.15) is 12.1 Å². The smallest absolute Gasteiger partial charge is 0.408 e. The summed E-state index contributed by atoms with van der Waals surface area (Å²) in [4.78, 5) is 36.7. The van der Waals surface area contributed by atoms with Crippen molar-refractivity contribution in [1.29, 1.82) is 0 Å². The van der Waals surface area contributed by atoms with Gasteiger partial charge in [-0.25, -0.2) is 9.59 Å². The largest absolute Gasteiger partial charge is 0.479 e. The molecule has 2 saturated carbocycles. The summed E-state index contributed by atoms with van der Waals surface area (Å²) < 4.78 is 5.67. The highest BCUT2D eigenvalue weighted by atomic mass is 16.5. The van der Waals surface area contributed by atoms with E-state index in [9.17, 15) is 19.5 Å². The zero-order chi connectivity index (χ0) is 24.6. The van der Waals surface area contributed by atoms with Gasteiger partial charge in [0, 0.05) is 18.9 Å². The minimum atomic E-state index is -1.54. The van der Waals surface area contributed by atoms with E-state index in [4.69, 9.17) is 9.84 Å². The van der Waals surface area contributed by atoms with Crippen molar-refractivity contribution in [3.8, 4) is 11.1 Å². The van der Waals surface area contributed by atoms with Crippen molar-refractivity contribution in [2.75, 3.05) is 13.2 Å². The molecule has 1 atom stereocenters. The summed E-state index contributed by atoms with van der Waals surface area (Å²) in [5, 5.41) is 23.8. The topological polar surface area (TPSA) is 125 Å². The van der Waals surface area contributed by atoms with Crippen molar-refractivity contribution in [3.05, 3.63) is 59.7 Å². The molecule has 0 unspecified atom stereocenters. The number of amides is 2. The first kappa shape index (κ1) is 23.4. The lowest BCUT2D eigenvalue weighted by molar-refractivity contribution is -0.148. The van der Waals surface area contributed by atoms with Gasteiger partial charge in [0.2, 0.25) is 5.91 Å². The molecule has 0 radical (unpaired) electrons. The third kappa shape index (κ3) is 4.27. The minimum Gasteiger partial charge on any atom is -0.479 e. The van der Waals surface area contributed by atoms with Crippen LogP contribution in [-0.4, -0.2) is 53.0 Å². The molecule has 0 heterocycles. The maximum absolute atomic E-state index is 13.0. The number of alkyl carbamates (subject to hydrolysis) is 1. The van der Waals surface area contributed by atoms with Gasteiger partial charge in [-0.1, -0.05) is 55.0 Å². The molecule has 8 heteroatoms. The first-order chi connectivity index (χ1) is 16.8. The van der Waals surface area contributed by atoms with E-state index in [0.717, 1.165) is 41.5 Å². The zero-order valence-corrected chi connectivity index (χ0v) is 19.5. The molecule has 35 heavy (non-hydrogen) atoms. The van der Waals surface area contributed by atoms with E-state index in [2.05, 4.69) is 22.8 Å². The second-order valence-corrected chi connectivity index (χ2v) is 10.1. The van der Waals surface area contributed by atoms with Crippen LogP contribution in [0.1, 0.15) is 55.6 Å². The molecular weight excluding hydrogens is 448 g/mol. The molecule has 4 N–H and O–H groups in total. The molecule has 184 valence electrons. The van der Waals surface area contributed by atoms with Crippen molar-refractivity contribution in [2.45, 2.75) is 56.1 Å². The molecule has 1 spiro atoms. The van der Waals surface area contributed by atoms with E-state index in [1.54, 1.807) is 0 Å². The number of nitrogens with one attached hydrogen (secondary N) is 2. The number of carboxylic acids is 1. The SMILES string of the molecule is O=C(NC1(C(=O)NCC[C@H](O)C(=O)O)CC2(CCC2)C1)OCC1c2ccccc2-c2ccccc21. The van der Waals surface area contributed by atoms with Crippen LogP contribution in [0.25, 0.3) is 11.1 Å². The molecule has 5 rings (SSSR count). The summed E-state index contributed by atoms with van der Waals surface area (Å²) in [7, 11) is 0. The van der Waals surface area contributed by atoms with E-state index < -0.39 is 23.7 Å². The number of hydrogen-bond acceptors (Lipinski definition) is 5. The Morgan fingerprint density at radius 1 is 1.00 bits per heavy atom. The Morgan fingerprint density at radius 2 is 1.60 bits per heavy atom. The van der Waals surface area contributed by atoms with Gasteiger partial charge in [0.15, 0.2) is 6.10 Å². The maximum Gasteiger partial charge on any atom is 0.408 e. The molecular formula is C27H30N2O6. The summed E-state index contributed by atoms with van der Waals surface area (Å²) in [5.41, 5.74) is 3.53. The van der Waals surface area contributed by atoms with Gasteiger partial charge >= 0.3 is 12.1 Å². The number of carboxylic acid groups (broad SMARTS) is 1. The van der Waals surface area contributed by atoms with Gasteiger partial charge in [0.05, 0.1) is 0 Å². The number of rotatable bonds is 8. The first-order valence-electron chi connectivity index (χ1n) is 12.1.